The molecule has 0 bridgehead atoms. The number of hydrogen-bond acceptors (Lipinski definition) is 4. The normalized spacial score (nSPS) is 20.3. The predicted octanol–water partition coefficient (Wildman–Crippen LogP) is 3.07. The fraction of sp³-hybridized carbons (Fsp3) is 0.263. The molecule has 3 rings (SSSR count). The van der Waals surface area contributed by atoms with E-state index in [-0.39, 0.29) is 6.10 Å². The van der Waals surface area contributed by atoms with Gasteiger partial charge in [0.05, 0.1) is 0 Å². The fourth-order valence-corrected chi connectivity index (χ4v) is 2.78. The highest BCUT2D eigenvalue weighted by molar-refractivity contribution is 5.86. The molecule has 2 aromatic rings. The average molecular weight is 310 g/mol. The number of carbonyl (C=O) groups is 2. The fourth-order valence-electron chi connectivity index (χ4n) is 2.78. The molecule has 0 aliphatic carbocycles. The zero-order valence-corrected chi connectivity index (χ0v) is 12.8. The van der Waals surface area contributed by atoms with Crippen LogP contribution >= 0.6 is 0 Å². The van der Waals surface area contributed by atoms with Crippen LogP contribution < -0.4 is 0 Å². The summed E-state index contributed by atoms with van der Waals surface area (Å²) in [6, 6.07) is 18.8. The molecule has 0 spiro atoms. The average Bonchev–Trinajstić information content (AvgIpc) is 2.87. The van der Waals surface area contributed by atoms with Crippen LogP contribution in [0, 0.1) is 0 Å². The number of benzene rings is 2. The summed E-state index contributed by atoms with van der Waals surface area (Å²) in [6.45, 7) is 1.79. The van der Waals surface area contributed by atoms with Gasteiger partial charge in [-0.3, -0.25) is 4.79 Å². The molecular weight excluding hydrogens is 292 g/mol. The topological polar surface area (TPSA) is 52.6 Å². The van der Waals surface area contributed by atoms with Gasteiger partial charge in [0, 0.05) is 6.42 Å². The second-order valence-electron chi connectivity index (χ2n) is 5.66. The molecule has 2 aromatic carbocycles. The van der Waals surface area contributed by atoms with Crippen molar-refractivity contribution in [2.75, 3.05) is 0 Å². The Labute approximate surface area is 135 Å². The molecule has 0 radical (unpaired) electrons. The summed E-state index contributed by atoms with van der Waals surface area (Å²) < 4.78 is 10.5. The van der Waals surface area contributed by atoms with Gasteiger partial charge in [-0.1, -0.05) is 60.7 Å². The van der Waals surface area contributed by atoms with Crippen molar-refractivity contribution >= 4 is 11.9 Å². The minimum atomic E-state index is -0.813. The Hall–Kier alpha value is -2.62. The molecule has 2 atom stereocenters. The number of hydrogen-bond donors (Lipinski definition) is 0. The van der Waals surface area contributed by atoms with E-state index in [0.29, 0.717) is 6.42 Å². The van der Waals surface area contributed by atoms with Crippen molar-refractivity contribution < 1.29 is 19.1 Å². The number of ether oxygens (including phenoxy) is 2. The molecule has 0 N–H and O–H groups in total. The van der Waals surface area contributed by atoms with Gasteiger partial charge >= 0.3 is 11.9 Å². The number of esters is 2. The third-order valence-electron chi connectivity index (χ3n) is 3.89. The van der Waals surface area contributed by atoms with Crippen molar-refractivity contribution in [1.29, 1.82) is 0 Å². The molecule has 4 nitrogen and oxygen atoms in total. The van der Waals surface area contributed by atoms with Crippen molar-refractivity contribution in [2.45, 2.75) is 31.5 Å². The summed E-state index contributed by atoms with van der Waals surface area (Å²) in [6.07, 6.45) is -0.624. The molecule has 118 valence electrons. The summed E-state index contributed by atoms with van der Waals surface area (Å²) in [5, 5.41) is 0. The van der Waals surface area contributed by atoms with Crippen molar-refractivity contribution in [2.24, 2.45) is 0 Å². The summed E-state index contributed by atoms with van der Waals surface area (Å²) in [5.74, 6) is -1.45. The lowest BCUT2D eigenvalue weighted by molar-refractivity contribution is -0.161. The highest BCUT2D eigenvalue weighted by Crippen LogP contribution is 2.28. The van der Waals surface area contributed by atoms with Crippen LogP contribution in [0.25, 0.3) is 0 Å². The predicted molar refractivity (Wildman–Crippen MR) is 84.8 cm³/mol. The second-order valence-corrected chi connectivity index (χ2v) is 5.66. The van der Waals surface area contributed by atoms with Gasteiger partial charge in [-0.2, -0.15) is 0 Å². The third-order valence-corrected chi connectivity index (χ3v) is 3.89. The Kier molecular flexibility index (Phi) is 4.42. The third kappa shape index (κ3) is 3.42. The lowest BCUT2D eigenvalue weighted by Crippen LogP contribution is -2.27. The summed E-state index contributed by atoms with van der Waals surface area (Å²) >= 11 is 0. The molecular formula is C19H18O4. The lowest BCUT2D eigenvalue weighted by Gasteiger charge is -2.18. The smallest absolute Gasteiger partial charge is 0.347 e. The van der Waals surface area contributed by atoms with Crippen LogP contribution in [-0.4, -0.2) is 24.1 Å². The quantitative estimate of drug-likeness (QED) is 0.814. The molecule has 0 saturated carbocycles. The zero-order chi connectivity index (χ0) is 16.2. The van der Waals surface area contributed by atoms with E-state index in [2.05, 4.69) is 0 Å². The first-order valence-corrected chi connectivity index (χ1v) is 7.66. The van der Waals surface area contributed by atoms with Crippen molar-refractivity contribution in [3.63, 3.8) is 0 Å². The number of cyclic esters (lactones) is 1. The molecule has 1 aliphatic rings. The van der Waals surface area contributed by atoms with Crippen LogP contribution in [0.1, 0.15) is 30.4 Å². The van der Waals surface area contributed by atoms with Gasteiger partial charge in [0.25, 0.3) is 0 Å². The van der Waals surface area contributed by atoms with Crippen LogP contribution in [0.2, 0.25) is 0 Å². The minimum Gasteiger partial charge on any atom is -0.460 e. The molecule has 1 fully saturated rings. The molecule has 1 saturated heterocycles. The van der Waals surface area contributed by atoms with Gasteiger partial charge in [-0.15, -0.1) is 0 Å². The second kappa shape index (κ2) is 6.65. The van der Waals surface area contributed by atoms with Gasteiger partial charge in [-0.25, -0.2) is 4.79 Å². The SMILES string of the molecule is C[C@H]1C[C@H](OC(=O)C(c2ccccc2)c2ccccc2)C(=O)O1. The standard InChI is InChI=1S/C19H18O4/c1-13-12-16(18(20)22-13)23-19(21)17(14-8-4-2-5-9-14)15-10-6-3-7-11-15/h2-11,13,16-17H,12H2,1H3/t13-,16-/m0/s1. The Bertz CT molecular complexity index is 642. The van der Waals surface area contributed by atoms with E-state index >= 15 is 0 Å². The molecule has 4 heteroatoms. The van der Waals surface area contributed by atoms with E-state index in [1.807, 2.05) is 60.7 Å². The van der Waals surface area contributed by atoms with Crippen LogP contribution in [0.4, 0.5) is 0 Å². The Morgan fingerprint density at radius 2 is 1.57 bits per heavy atom. The first kappa shape index (κ1) is 15.3. The van der Waals surface area contributed by atoms with E-state index in [4.69, 9.17) is 9.47 Å². The van der Waals surface area contributed by atoms with E-state index in [9.17, 15) is 9.59 Å². The van der Waals surface area contributed by atoms with Gasteiger partial charge in [0.2, 0.25) is 6.10 Å². The maximum Gasteiger partial charge on any atom is 0.347 e. The van der Waals surface area contributed by atoms with Crippen LogP contribution in [0.5, 0.6) is 0 Å². The van der Waals surface area contributed by atoms with Gasteiger partial charge in [0.15, 0.2) is 0 Å². The molecule has 0 aromatic heterocycles. The Balaban J connectivity index is 1.87. The van der Waals surface area contributed by atoms with E-state index in [1.54, 1.807) is 6.92 Å². The van der Waals surface area contributed by atoms with E-state index in [1.165, 1.54) is 0 Å². The number of rotatable bonds is 4. The van der Waals surface area contributed by atoms with Crippen LogP contribution in [0.3, 0.4) is 0 Å². The van der Waals surface area contributed by atoms with Gasteiger partial charge in [0.1, 0.15) is 12.0 Å². The van der Waals surface area contributed by atoms with Crippen molar-refractivity contribution in [3.05, 3.63) is 71.8 Å². The molecule has 23 heavy (non-hydrogen) atoms. The van der Waals surface area contributed by atoms with E-state index in [0.717, 1.165) is 11.1 Å². The summed E-state index contributed by atoms with van der Waals surface area (Å²) in [4.78, 5) is 24.4. The molecule has 0 amide bonds. The van der Waals surface area contributed by atoms with Crippen molar-refractivity contribution in [1.82, 2.24) is 0 Å². The lowest BCUT2D eigenvalue weighted by atomic mass is 9.91. The largest absolute Gasteiger partial charge is 0.460 e. The van der Waals surface area contributed by atoms with Crippen LogP contribution in [0.15, 0.2) is 60.7 Å². The Morgan fingerprint density at radius 1 is 1.04 bits per heavy atom. The number of carbonyl (C=O) groups excluding carboxylic acids is 2. The molecule has 0 unspecified atom stereocenters. The summed E-state index contributed by atoms with van der Waals surface area (Å²) in [5.41, 5.74) is 1.67. The van der Waals surface area contributed by atoms with Crippen molar-refractivity contribution in [3.8, 4) is 0 Å². The molecule has 1 heterocycles. The van der Waals surface area contributed by atoms with Gasteiger partial charge < -0.3 is 9.47 Å². The highest BCUT2D eigenvalue weighted by atomic mass is 16.6. The van der Waals surface area contributed by atoms with E-state index < -0.39 is 24.0 Å². The van der Waals surface area contributed by atoms with Crippen LogP contribution in [-0.2, 0) is 19.1 Å². The van der Waals surface area contributed by atoms with Gasteiger partial charge in [-0.05, 0) is 18.1 Å². The maximum absolute atomic E-state index is 12.7. The minimum absolute atomic E-state index is 0.216. The Morgan fingerprint density at radius 3 is 2.00 bits per heavy atom. The molecule has 1 aliphatic heterocycles. The first-order chi connectivity index (χ1) is 11.1. The zero-order valence-electron chi connectivity index (χ0n) is 12.8. The first-order valence-electron chi connectivity index (χ1n) is 7.66. The summed E-state index contributed by atoms with van der Waals surface area (Å²) in [7, 11) is 0. The monoisotopic (exact) mass is 310 g/mol. The highest BCUT2D eigenvalue weighted by Gasteiger charge is 2.37. The maximum atomic E-state index is 12.7.